The molecule has 2 aromatic carbocycles. The van der Waals surface area contributed by atoms with Crippen molar-refractivity contribution < 1.29 is 19.1 Å². The number of hydrogen-bond donors (Lipinski definition) is 3. The van der Waals surface area contributed by atoms with Crippen LogP contribution in [0.3, 0.4) is 0 Å². The average molecular weight is 390 g/mol. The third-order valence-corrected chi connectivity index (χ3v) is 3.64. The minimum absolute atomic E-state index is 0.252. The van der Waals surface area contributed by atoms with E-state index in [4.69, 9.17) is 16.3 Å². The second-order valence-electron chi connectivity index (χ2n) is 5.90. The van der Waals surface area contributed by atoms with Crippen LogP contribution in [-0.2, 0) is 9.59 Å². The Morgan fingerprint density at radius 2 is 1.63 bits per heavy atom. The summed E-state index contributed by atoms with van der Waals surface area (Å²) in [5, 5.41) is 2.85. The maximum absolute atomic E-state index is 11.9. The monoisotopic (exact) mass is 389 g/mol. The lowest BCUT2D eigenvalue weighted by Crippen LogP contribution is -2.47. The summed E-state index contributed by atoms with van der Waals surface area (Å²) in [6.07, 6.45) is 0. The smallest absolute Gasteiger partial charge is 0.276 e. The Hall–Kier alpha value is -3.06. The van der Waals surface area contributed by atoms with Gasteiger partial charge in [-0.2, -0.15) is 0 Å². The van der Waals surface area contributed by atoms with Crippen LogP contribution in [0.5, 0.6) is 5.75 Å². The molecule has 0 fully saturated rings. The van der Waals surface area contributed by atoms with Crippen molar-refractivity contribution in [2.24, 2.45) is 0 Å². The number of rotatable bonds is 6. The number of halogens is 1. The van der Waals surface area contributed by atoms with E-state index in [0.29, 0.717) is 16.3 Å². The van der Waals surface area contributed by atoms with Crippen molar-refractivity contribution in [1.29, 1.82) is 0 Å². The van der Waals surface area contributed by atoms with Crippen molar-refractivity contribution in [3.8, 4) is 5.75 Å². The van der Waals surface area contributed by atoms with Crippen LogP contribution in [-0.4, -0.2) is 30.9 Å². The predicted octanol–water partition coefficient (Wildman–Crippen LogP) is 1.91. The summed E-state index contributed by atoms with van der Waals surface area (Å²) >= 11 is 5.81. The SMILES string of the molecule is Cc1cc(C)cc(OCC(=O)NNC(=O)CNC(=O)c2cccc(Cl)c2)c1. The molecule has 2 rings (SSSR count). The molecule has 0 unspecified atom stereocenters. The molecule has 3 N–H and O–H groups in total. The number of hydrogen-bond acceptors (Lipinski definition) is 4. The van der Waals surface area contributed by atoms with Crippen LogP contribution in [0.4, 0.5) is 0 Å². The normalized spacial score (nSPS) is 10.0. The molecule has 0 saturated carbocycles. The molecule has 0 aliphatic carbocycles. The van der Waals surface area contributed by atoms with E-state index >= 15 is 0 Å². The number of carbonyl (C=O) groups is 3. The molecule has 0 aliphatic rings. The molecule has 0 aromatic heterocycles. The Bertz CT molecular complexity index is 834. The van der Waals surface area contributed by atoms with E-state index < -0.39 is 17.7 Å². The van der Waals surface area contributed by atoms with Crippen molar-refractivity contribution in [3.05, 3.63) is 64.2 Å². The molecule has 27 heavy (non-hydrogen) atoms. The van der Waals surface area contributed by atoms with Gasteiger partial charge in [0, 0.05) is 10.6 Å². The van der Waals surface area contributed by atoms with Gasteiger partial charge in [0.05, 0.1) is 6.54 Å². The van der Waals surface area contributed by atoms with Gasteiger partial charge in [-0.05, 0) is 55.3 Å². The second-order valence-corrected chi connectivity index (χ2v) is 6.34. The second kappa shape index (κ2) is 9.59. The number of aryl methyl sites for hydroxylation is 2. The Balaban J connectivity index is 1.70. The Labute approximate surface area is 162 Å². The van der Waals surface area contributed by atoms with Crippen LogP contribution in [0.15, 0.2) is 42.5 Å². The van der Waals surface area contributed by atoms with Crippen LogP contribution in [0.2, 0.25) is 5.02 Å². The van der Waals surface area contributed by atoms with Crippen LogP contribution in [0.25, 0.3) is 0 Å². The summed E-state index contributed by atoms with van der Waals surface area (Å²) in [5.74, 6) is -0.978. The topological polar surface area (TPSA) is 96.5 Å². The number of nitrogens with one attached hydrogen (secondary N) is 3. The minimum atomic E-state index is -0.579. The van der Waals surface area contributed by atoms with Crippen molar-refractivity contribution >= 4 is 29.3 Å². The Kier molecular flexibility index (Phi) is 7.19. The van der Waals surface area contributed by atoms with Crippen LogP contribution < -0.4 is 20.9 Å². The van der Waals surface area contributed by atoms with Gasteiger partial charge in [-0.25, -0.2) is 0 Å². The van der Waals surface area contributed by atoms with E-state index in [0.717, 1.165) is 11.1 Å². The molecule has 0 aliphatic heterocycles. The molecule has 0 atom stereocenters. The summed E-state index contributed by atoms with van der Waals surface area (Å²) in [6.45, 7) is 3.30. The van der Waals surface area contributed by atoms with Gasteiger partial charge in [0.2, 0.25) is 0 Å². The van der Waals surface area contributed by atoms with Crippen molar-refractivity contribution in [2.45, 2.75) is 13.8 Å². The van der Waals surface area contributed by atoms with Gasteiger partial charge in [0.15, 0.2) is 6.61 Å². The van der Waals surface area contributed by atoms with Gasteiger partial charge in [0.25, 0.3) is 17.7 Å². The molecule has 0 heterocycles. The van der Waals surface area contributed by atoms with E-state index in [2.05, 4.69) is 16.2 Å². The highest BCUT2D eigenvalue weighted by Gasteiger charge is 2.10. The van der Waals surface area contributed by atoms with E-state index in [1.165, 1.54) is 6.07 Å². The lowest BCUT2D eigenvalue weighted by Gasteiger charge is -2.10. The van der Waals surface area contributed by atoms with Gasteiger partial charge < -0.3 is 10.1 Å². The van der Waals surface area contributed by atoms with Gasteiger partial charge in [-0.3, -0.25) is 25.2 Å². The van der Waals surface area contributed by atoms with Crippen LogP contribution in [0.1, 0.15) is 21.5 Å². The fraction of sp³-hybridized carbons (Fsp3) is 0.211. The first-order chi connectivity index (χ1) is 12.8. The maximum atomic E-state index is 11.9. The summed E-state index contributed by atoms with van der Waals surface area (Å²) in [6, 6.07) is 11.9. The highest BCUT2D eigenvalue weighted by molar-refractivity contribution is 6.30. The van der Waals surface area contributed by atoms with Crippen LogP contribution in [0, 0.1) is 13.8 Å². The molecule has 3 amide bonds. The standard InChI is InChI=1S/C19H20ClN3O4/c1-12-6-13(2)8-16(7-12)27-11-18(25)23-22-17(24)10-21-19(26)14-4-3-5-15(20)9-14/h3-9H,10-11H2,1-2H3,(H,21,26)(H,22,24)(H,23,25). The lowest BCUT2D eigenvalue weighted by molar-refractivity contribution is -0.129. The van der Waals surface area contributed by atoms with E-state index in [-0.39, 0.29) is 13.2 Å². The first kappa shape index (κ1) is 20.3. The molecule has 8 heteroatoms. The zero-order valence-corrected chi connectivity index (χ0v) is 15.7. The van der Waals surface area contributed by atoms with Gasteiger partial charge in [0.1, 0.15) is 5.75 Å². The third-order valence-electron chi connectivity index (χ3n) is 3.40. The number of amides is 3. The van der Waals surface area contributed by atoms with Gasteiger partial charge >= 0.3 is 0 Å². The summed E-state index contributed by atoms with van der Waals surface area (Å²) in [5.41, 5.74) is 6.80. The lowest BCUT2D eigenvalue weighted by atomic mass is 10.1. The number of ether oxygens (including phenoxy) is 1. The Morgan fingerprint density at radius 3 is 2.30 bits per heavy atom. The molecule has 0 bridgehead atoms. The largest absolute Gasteiger partial charge is 0.484 e. The highest BCUT2D eigenvalue weighted by Crippen LogP contribution is 2.15. The third kappa shape index (κ3) is 6.99. The zero-order chi connectivity index (χ0) is 19.8. The quantitative estimate of drug-likeness (QED) is 0.657. The number of carbonyl (C=O) groups excluding carboxylic acids is 3. The highest BCUT2D eigenvalue weighted by atomic mass is 35.5. The molecule has 0 saturated heterocycles. The van der Waals surface area contributed by atoms with Crippen LogP contribution >= 0.6 is 11.6 Å². The minimum Gasteiger partial charge on any atom is -0.484 e. The molecule has 0 spiro atoms. The average Bonchev–Trinajstić information content (AvgIpc) is 2.62. The molecular weight excluding hydrogens is 370 g/mol. The fourth-order valence-corrected chi connectivity index (χ4v) is 2.47. The first-order valence-electron chi connectivity index (χ1n) is 8.16. The predicted molar refractivity (Wildman–Crippen MR) is 101 cm³/mol. The van der Waals surface area contributed by atoms with Crippen molar-refractivity contribution in [3.63, 3.8) is 0 Å². The van der Waals surface area contributed by atoms with E-state index in [9.17, 15) is 14.4 Å². The maximum Gasteiger partial charge on any atom is 0.276 e. The molecule has 0 radical (unpaired) electrons. The van der Waals surface area contributed by atoms with Gasteiger partial charge in [-0.15, -0.1) is 0 Å². The van der Waals surface area contributed by atoms with E-state index in [1.807, 2.05) is 32.0 Å². The van der Waals surface area contributed by atoms with Crippen molar-refractivity contribution in [1.82, 2.24) is 16.2 Å². The van der Waals surface area contributed by atoms with E-state index in [1.54, 1.807) is 18.2 Å². The molecule has 2 aromatic rings. The first-order valence-corrected chi connectivity index (χ1v) is 8.54. The zero-order valence-electron chi connectivity index (χ0n) is 15.0. The molecule has 142 valence electrons. The molecule has 7 nitrogen and oxygen atoms in total. The number of hydrazine groups is 1. The summed E-state index contributed by atoms with van der Waals surface area (Å²) < 4.78 is 5.38. The number of benzene rings is 2. The molecular formula is C19H20ClN3O4. The summed E-state index contributed by atoms with van der Waals surface area (Å²) in [4.78, 5) is 35.3. The van der Waals surface area contributed by atoms with Crippen molar-refractivity contribution in [2.75, 3.05) is 13.2 Å². The Morgan fingerprint density at radius 1 is 0.963 bits per heavy atom. The summed E-state index contributed by atoms with van der Waals surface area (Å²) in [7, 11) is 0. The fourth-order valence-electron chi connectivity index (χ4n) is 2.28. The van der Waals surface area contributed by atoms with Gasteiger partial charge in [-0.1, -0.05) is 23.7 Å².